The van der Waals surface area contributed by atoms with Crippen LogP contribution in [0.25, 0.3) is 0 Å². The van der Waals surface area contributed by atoms with Crippen LogP contribution < -0.4 is 10.2 Å². The van der Waals surface area contributed by atoms with E-state index in [4.69, 9.17) is 9.97 Å². The molecule has 11 heteroatoms. The molecule has 0 saturated carbocycles. The number of benzene rings is 2. The van der Waals surface area contributed by atoms with Gasteiger partial charge in [-0.2, -0.15) is 4.98 Å². The minimum absolute atomic E-state index is 0.0111. The van der Waals surface area contributed by atoms with E-state index < -0.39 is 22.0 Å². The number of hydrogen-bond acceptors (Lipinski definition) is 7. The van der Waals surface area contributed by atoms with Crippen molar-refractivity contribution < 1.29 is 22.6 Å². The second-order valence-corrected chi connectivity index (χ2v) is 12.5. The van der Waals surface area contributed by atoms with Crippen LogP contribution in [0.15, 0.2) is 53.4 Å². The van der Waals surface area contributed by atoms with Crippen LogP contribution in [-0.4, -0.2) is 69.2 Å². The zero-order chi connectivity index (χ0) is 28.7. The zero-order valence-electron chi connectivity index (χ0n) is 22.7. The third kappa shape index (κ3) is 5.23. The number of nitrogens with one attached hydrogen (secondary N) is 1. The molecule has 2 saturated heterocycles. The first-order chi connectivity index (χ1) is 19.7. The van der Waals surface area contributed by atoms with Gasteiger partial charge >= 0.3 is 0 Å². The van der Waals surface area contributed by atoms with Crippen LogP contribution in [0.4, 0.5) is 20.5 Å². The molecular formula is C30H31F2N5O3S. The van der Waals surface area contributed by atoms with Crippen LogP contribution in [0.3, 0.4) is 0 Å². The van der Waals surface area contributed by atoms with E-state index >= 15 is 0 Å². The van der Waals surface area contributed by atoms with Crippen LogP contribution >= 0.6 is 0 Å². The fourth-order valence-electron chi connectivity index (χ4n) is 6.13. The Kier molecular flexibility index (Phi) is 7.31. The number of anilines is 2. The summed E-state index contributed by atoms with van der Waals surface area (Å²) in [7, 11) is 0.577. The molecule has 2 atom stereocenters. The van der Waals surface area contributed by atoms with Crippen molar-refractivity contribution in [2.75, 3.05) is 42.7 Å². The number of rotatable bonds is 6. The first kappa shape index (κ1) is 27.4. The highest BCUT2D eigenvalue weighted by Gasteiger charge is 2.44. The molecule has 3 aliphatic heterocycles. The number of nitrogens with zero attached hydrogens (tertiary/aromatic N) is 4. The molecule has 1 N–H and O–H groups in total. The Morgan fingerprint density at radius 3 is 2.32 bits per heavy atom. The summed E-state index contributed by atoms with van der Waals surface area (Å²) in [5.74, 6) is 0.718. The van der Waals surface area contributed by atoms with Gasteiger partial charge in [0.2, 0.25) is 11.9 Å². The second kappa shape index (κ2) is 10.9. The Bertz CT molecular complexity index is 1510. The molecule has 2 fully saturated rings. The summed E-state index contributed by atoms with van der Waals surface area (Å²) >= 11 is 0. The number of hydrogen-bond donors (Lipinski definition) is 1. The normalized spacial score (nSPS) is 22.0. The summed E-state index contributed by atoms with van der Waals surface area (Å²) in [6, 6.07) is 11.6. The summed E-state index contributed by atoms with van der Waals surface area (Å²) in [5, 5.41) is 3.45. The van der Waals surface area contributed by atoms with Crippen LogP contribution in [0.2, 0.25) is 0 Å². The van der Waals surface area contributed by atoms with E-state index in [0.717, 1.165) is 11.3 Å². The molecule has 0 bridgehead atoms. The van der Waals surface area contributed by atoms with Gasteiger partial charge in [-0.05, 0) is 61.2 Å². The molecule has 214 valence electrons. The third-order valence-corrected chi connectivity index (χ3v) is 9.94. The molecule has 2 unspecified atom stereocenters. The third-order valence-electron chi connectivity index (χ3n) is 8.48. The number of carbonyl (C=O) groups is 2. The second-order valence-electron chi connectivity index (χ2n) is 11.0. The fraction of sp³-hybridized carbons (Fsp3) is 0.400. The van der Waals surface area contributed by atoms with Crippen molar-refractivity contribution >= 4 is 34.3 Å². The number of likely N-dealkylation sites (N-methyl/N-ethyl adjacent to an activating group) is 1. The van der Waals surface area contributed by atoms with Gasteiger partial charge in [0.25, 0.3) is 0 Å². The van der Waals surface area contributed by atoms with Crippen LogP contribution in [0.1, 0.15) is 47.3 Å². The van der Waals surface area contributed by atoms with Crippen molar-refractivity contribution in [1.82, 2.24) is 14.9 Å². The molecule has 3 aliphatic rings. The Morgan fingerprint density at radius 2 is 1.66 bits per heavy atom. The maximum absolute atomic E-state index is 13.9. The molecule has 0 radical (unpaired) electrons. The van der Waals surface area contributed by atoms with Crippen molar-refractivity contribution in [2.45, 2.75) is 48.5 Å². The number of ketones is 1. The Balaban J connectivity index is 1.29. The van der Waals surface area contributed by atoms with Crippen LogP contribution in [0, 0.1) is 11.6 Å². The van der Waals surface area contributed by atoms with Gasteiger partial charge in [-0.15, -0.1) is 0 Å². The van der Waals surface area contributed by atoms with E-state index in [2.05, 4.69) is 5.32 Å². The number of likely N-dealkylation sites (tertiary alicyclic amines) is 1. The van der Waals surface area contributed by atoms with E-state index in [1.54, 1.807) is 24.1 Å². The number of aromatic nitrogens is 2. The average Bonchev–Trinajstić information content (AvgIpc) is 3.36. The number of piperidine rings is 2. The molecular weight excluding hydrogens is 548 g/mol. The van der Waals surface area contributed by atoms with Gasteiger partial charge in [-0.25, -0.2) is 13.8 Å². The lowest BCUT2D eigenvalue weighted by molar-refractivity contribution is -0.132. The topological polar surface area (TPSA) is 95.5 Å². The molecule has 3 aromatic rings. The summed E-state index contributed by atoms with van der Waals surface area (Å²) in [6.45, 7) is 1.47. The summed E-state index contributed by atoms with van der Waals surface area (Å²) in [4.78, 5) is 39.9. The van der Waals surface area contributed by atoms with Crippen LogP contribution in [-0.2, 0) is 27.4 Å². The molecule has 4 heterocycles. The number of halogens is 2. The van der Waals surface area contributed by atoms with Gasteiger partial charge in [-0.3, -0.25) is 13.8 Å². The van der Waals surface area contributed by atoms with Gasteiger partial charge in [0.1, 0.15) is 22.3 Å². The molecule has 1 aromatic heterocycles. The summed E-state index contributed by atoms with van der Waals surface area (Å²) in [5.41, 5.74) is 0.966. The van der Waals surface area contributed by atoms with E-state index in [9.17, 15) is 22.6 Å². The Morgan fingerprint density at radius 1 is 1.00 bits per heavy atom. The smallest absolute Gasteiger partial charge is 0.227 e. The van der Waals surface area contributed by atoms with Gasteiger partial charge in [0, 0.05) is 56.9 Å². The first-order valence-corrected chi connectivity index (χ1v) is 15.2. The van der Waals surface area contributed by atoms with E-state index in [0.29, 0.717) is 79.7 Å². The summed E-state index contributed by atoms with van der Waals surface area (Å²) < 4.78 is 40.3. The number of aryl methyl sites for hydroxylation is 1. The number of Topliss-reactive ketones (excluding diaryl/α,β-unsaturated/α-hetero) is 1. The SMILES string of the molecule is CN1CC(Nc2nc(N3CCC(C(=O)c4ccc(F)cc4)(c4ccc(F)cc4)CC3)nc3c2S(=O)CC3)CCC1=O. The highest BCUT2D eigenvalue weighted by Crippen LogP contribution is 2.40. The zero-order valence-corrected chi connectivity index (χ0v) is 23.6. The largest absolute Gasteiger partial charge is 0.364 e. The molecule has 0 aliphatic carbocycles. The van der Waals surface area contributed by atoms with Gasteiger partial charge in [0.15, 0.2) is 5.78 Å². The molecule has 2 aromatic carbocycles. The van der Waals surface area contributed by atoms with Crippen molar-refractivity contribution in [2.24, 2.45) is 0 Å². The standard InChI is InChI=1S/C30H31F2N5O3S/c1-36-18-23(10-11-25(36)38)33-28-26-24(12-17-41(26)40)34-29(35-28)37-15-13-30(14-16-37,20-4-8-22(32)9-5-20)27(39)19-2-6-21(31)7-3-19/h2-9,23H,10-18H2,1H3,(H,33,34,35). The van der Waals surface area contributed by atoms with Crippen LogP contribution in [0.5, 0.6) is 0 Å². The lowest BCUT2D eigenvalue weighted by Crippen LogP contribution is -2.48. The Labute approximate surface area is 239 Å². The van der Waals surface area contributed by atoms with Gasteiger partial charge < -0.3 is 15.1 Å². The highest BCUT2D eigenvalue weighted by atomic mass is 32.2. The predicted octanol–water partition coefficient (Wildman–Crippen LogP) is 3.87. The quantitative estimate of drug-likeness (QED) is 0.443. The fourth-order valence-corrected chi connectivity index (χ4v) is 7.44. The summed E-state index contributed by atoms with van der Waals surface area (Å²) in [6.07, 6.45) is 2.56. The molecule has 0 spiro atoms. The number of amides is 1. The highest BCUT2D eigenvalue weighted by molar-refractivity contribution is 7.85. The Hall–Kier alpha value is -3.73. The maximum atomic E-state index is 13.9. The van der Waals surface area contributed by atoms with Gasteiger partial charge in [-0.1, -0.05) is 12.1 Å². The minimum Gasteiger partial charge on any atom is -0.364 e. The lowest BCUT2D eigenvalue weighted by atomic mass is 9.68. The number of fused-ring (bicyclic) bond motifs is 1. The monoisotopic (exact) mass is 579 g/mol. The van der Waals surface area contributed by atoms with Gasteiger partial charge in [0.05, 0.1) is 21.9 Å². The van der Waals surface area contributed by atoms with E-state index in [-0.39, 0.29) is 23.5 Å². The average molecular weight is 580 g/mol. The van der Waals surface area contributed by atoms with Crippen molar-refractivity contribution in [3.8, 4) is 0 Å². The molecule has 6 rings (SSSR count). The van der Waals surface area contributed by atoms with E-state index in [1.807, 2.05) is 4.90 Å². The predicted molar refractivity (Wildman–Crippen MR) is 152 cm³/mol. The first-order valence-electron chi connectivity index (χ1n) is 13.8. The van der Waals surface area contributed by atoms with Crippen molar-refractivity contribution in [1.29, 1.82) is 0 Å². The minimum atomic E-state index is -1.20. The molecule has 41 heavy (non-hydrogen) atoms. The van der Waals surface area contributed by atoms with Crippen molar-refractivity contribution in [3.05, 3.63) is 77.0 Å². The molecule has 8 nitrogen and oxygen atoms in total. The van der Waals surface area contributed by atoms with E-state index in [1.165, 1.54) is 36.4 Å². The molecule has 1 amide bonds. The lowest BCUT2D eigenvalue weighted by Gasteiger charge is -2.41. The van der Waals surface area contributed by atoms with Crippen molar-refractivity contribution in [3.63, 3.8) is 0 Å². The maximum Gasteiger partial charge on any atom is 0.227 e. The number of carbonyl (C=O) groups excluding carboxylic acids is 2.